The monoisotopic (exact) mass is 219 g/mol. The number of nitrogens with one attached hydrogen (secondary N) is 1. The lowest BCUT2D eigenvalue weighted by Gasteiger charge is -2.09. The Kier molecular flexibility index (Phi) is 3.94. The predicted molar refractivity (Wildman–Crippen MR) is 68.1 cm³/mol. The first-order valence-electron chi connectivity index (χ1n) is 5.00. The zero-order chi connectivity index (χ0) is 12.1. The van der Waals surface area contributed by atoms with Gasteiger partial charge in [-0.05, 0) is 30.8 Å². The maximum atomic E-state index is 9.88. The molecule has 0 heterocycles. The highest BCUT2D eigenvalue weighted by molar-refractivity contribution is 6.13. The van der Waals surface area contributed by atoms with Gasteiger partial charge in [0.1, 0.15) is 5.75 Å². The van der Waals surface area contributed by atoms with Gasteiger partial charge in [0.25, 0.3) is 0 Å². The number of phenolic OH excluding ortho intramolecular Hbond substituents is 1. The first-order chi connectivity index (χ1) is 7.63. The molecule has 4 nitrogen and oxygen atoms in total. The Bertz CT molecular complexity index is 436. The quantitative estimate of drug-likeness (QED) is 0.678. The summed E-state index contributed by atoms with van der Waals surface area (Å²) in [5, 5.41) is 12.8. The van der Waals surface area contributed by atoms with E-state index in [1.165, 1.54) is 6.20 Å². The molecule has 0 unspecified atom stereocenters. The zero-order valence-electron chi connectivity index (χ0n) is 9.78. The predicted octanol–water partition coefficient (Wildman–Crippen LogP) is 1.72. The fourth-order valence-corrected chi connectivity index (χ4v) is 1.48. The van der Waals surface area contributed by atoms with Gasteiger partial charge >= 0.3 is 0 Å². The van der Waals surface area contributed by atoms with Crippen molar-refractivity contribution in [2.45, 2.75) is 6.92 Å². The summed E-state index contributed by atoms with van der Waals surface area (Å²) in [6.07, 6.45) is 1.48. The molecule has 86 valence electrons. The van der Waals surface area contributed by atoms with Crippen molar-refractivity contribution in [2.75, 3.05) is 19.4 Å². The topological polar surface area (TPSA) is 70.6 Å². The van der Waals surface area contributed by atoms with E-state index in [2.05, 4.69) is 10.3 Å². The molecule has 4 heteroatoms. The Hall–Kier alpha value is -1.97. The van der Waals surface area contributed by atoms with Crippen molar-refractivity contribution in [1.82, 2.24) is 0 Å². The largest absolute Gasteiger partial charge is 0.507 e. The van der Waals surface area contributed by atoms with Crippen LogP contribution in [0.3, 0.4) is 0 Å². The first kappa shape index (κ1) is 12.1. The molecule has 0 spiro atoms. The number of nitrogens with two attached hydrogens (primary N) is 1. The summed E-state index contributed by atoms with van der Waals surface area (Å²) < 4.78 is 0. The van der Waals surface area contributed by atoms with Gasteiger partial charge in [0.2, 0.25) is 0 Å². The summed E-state index contributed by atoms with van der Waals surface area (Å²) >= 11 is 0. The van der Waals surface area contributed by atoms with E-state index in [0.717, 1.165) is 11.3 Å². The lowest BCUT2D eigenvalue weighted by atomic mass is 10.0. The molecule has 1 aromatic carbocycles. The Morgan fingerprint density at radius 1 is 1.50 bits per heavy atom. The molecule has 0 saturated carbocycles. The number of aromatic hydroxyl groups is 1. The number of hydrogen-bond donors (Lipinski definition) is 3. The molecule has 16 heavy (non-hydrogen) atoms. The van der Waals surface area contributed by atoms with Crippen LogP contribution in [0.4, 0.5) is 5.69 Å². The highest BCUT2D eigenvalue weighted by atomic mass is 16.3. The van der Waals surface area contributed by atoms with Crippen molar-refractivity contribution in [3.63, 3.8) is 0 Å². The fourth-order valence-electron chi connectivity index (χ4n) is 1.48. The second kappa shape index (κ2) is 5.21. The van der Waals surface area contributed by atoms with E-state index in [4.69, 9.17) is 5.73 Å². The average molecular weight is 219 g/mol. The smallest absolute Gasteiger partial charge is 0.127 e. The molecule has 0 aliphatic heterocycles. The molecule has 1 aromatic rings. The maximum absolute atomic E-state index is 9.88. The summed E-state index contributed by atoms with van der Waals surface area (Å²) in [4.78, 5) is 4.13. The van der Waals surface area contributed by atoms with Gasteiger partial charge in [-0.3, -0.25) is 4.99 Å². The highest BCUT2D eigenvalue weighted by Gasteiger charge is 2.10. The summed E-state index contributed by atoms with van der Waals surface area (Å²) in [6, 6.07) is 5.35. The van der Waals surface area contributed by atoms with E-state index in [0.29, 0.717) is 11.3 Å². The summed E-state index contributed by atoms with van der Waals surface area (Å²) in [5.74, 6) is 0.189. The minimum atomic E-state index is 0.189. The molecule has 0 fully saturated rings. The molecule has 0 aliphatic carbocycles. The van der Waals surface area contributed by atoms with Crippen LogP contribution in [0, 0.1) is 0 Å². The average Bonchev–Trinajstić information content (AvgIpc) is 2.31. The van der Waals surface area contributed by atoms with Crippen LogP contribution in [0.2, 0.25) is 0 Å². The van der Waals surface area contributed by atoms with Crippen LogP contribution in [0.5, 0.6) is 5.75 Å². The molecule has 0 bridgehead atoms. The third-order valence-corrected chi connectivity index (χ3v) is 2.39. The van der Waals surface area contributed by atoms with Crippen LogP contribution in [-0.2, 0) is 0 Å². The molecule has 0 aliphatic rings. The van der Waals surface area contributed by atoms with E-state index in [1.54, 1.807) is 20.2 Å². The normalized spacial score (nSPS) is 12.7. The fraction of sp³-hybridized carbons (Fsp3) is 0.250. The number of rotatable bonds is 3. The minimum absolute atomic E-state index is 0.189. The molecule has 0 atom stereocenters. The highest BCUT2D eigenvalue weighted by Crippen LogP contribution is 2.24. The second-order valence-electron chi connectivity index (χ2n) is 3.40. The summed E-state index contributed by atoms with van der Waals surface area (Å²) in [5.41, 5.74) is 8.51. The van der Waals surface area contributed by atoms with Crippen LogP contribution in [0.1, 0.15) is 12.5 Å². The number of allylic oxidation sites excluding steroid dienone is 1. The van der Waals surface area contributed by atoms with Crippen molar-refractivity contribution in [2.24, 2.45) is 10.7 Å². The van der Waals surface area contributed by atoms with Crippen molar-refractivity contribution in [3.8, 4) is 5.75 Å². The van der Waals surface area contributed by atoms with Crippen LogP contribution in [-0.4, -0.2) is 24.9 Å². The van der Waals surface area contributed by atoms with Gasteiger partial charge in [0.15, 0.2) is 0 Å². The van der Waals surface area contributed by atoms with Crippen LogP contribution in [0.15, 0.2) is 35.0 Å². The second-order valence-corrected chi connectivity index (χ2v) is 3.40. The Labute approximate surface area is 95.5 Å². The Balaban J connectivity index is 3.23. The molecule has 0 radical (unpaired) electrons. The Morgan fingerprint density at radius 3 is 2.62 bits per heavy atom. The van der Waals surface area contributed by atoms with E-state index >= 15 is 0 Å². The number of nitrogens with zero attached hydrogens (tertiary/aromatic N) is 1. The molecule has 0 aromatic heterocycles. The number of aliphatic imine (C=N–C) groups is 1. The van der Waals surface area contributed by atoms with Crippen molar-refractivity contribution in [3.05, 3.63) is 35.5 Å². The lowest BCUT2D eigenvalue weighted by molar-refractivity contribution is 0.474. The van der Waals surface area contributed by atoms with Gasteiger partial charge in [-0.25, -0.2) is 0 Å². The Morgan fingerprint density at radius 2 is 2.19 bits per heavy atom. The first-order valence-corrected chi connectivity index (χ1v) is 5.00. The third kappa shape index (κ3) is 2.34. The molecule has 0 amide bonds. The van der Waals surface area contributed by atoms with Gasteiger partial charge in [-0.15, -0.1) is 0 Å². The van der Waals surface area contributed by atoms with Gasteiger partial charge < -0.3 is 16.2 Å². The van der Waals surface area contributed by atoms with Crippen LogP contribution in [0.25, 0.3) is 0 Å². The minimum Gasteiger partial charge on any atom is -0.507 e. The van der Waals surface area contributed by atoms with E-state index in [-0.39, 0.29) is 5.75 Å². The van der Waals surface area contributed by atoms with E-state index in [1.807, 2.05) is 19.1 Å². The summed E-state index contributed by atoms with van der Waals surface area (Å²) in [6.45, 7) is 1.85. The standard InChI is InChI=1S/C12H17N3O/c1-8(7-13)12(15-3)10-5-4-9(14-2)6-11(10)16/h4-7,14,16H,13H2,1-3H3/b8-7-,15-12?. The van der Waals surface area contributed by atoms with Gasteiger partial charge in [0.05, 0.1) is 5.71 Å². The number of hydrogen-bond acceptors (Lipinski definition) is 4. The maximum Gasteiger partial charge on any atom is 0.127 e. The third-order valence-electron chi connectivity index (χ3n) is 2.39. The van der Waals surface area contributed by atoms with Crippen molar-refractivity contribution >= 4 is 11.4 Å². The van der Waals surface area contributed by atoms with Crippen LogP contribution >= 0.6 is 0 Å². The van der Waals surface area contributed by atoms with Crippen LogP contribution < -0.4 is 11.1 Å². The number of anilines is 1. The van der Waals surface area contributed by atoms with Gasteiger partial charge in [0, 0.05) is 31.4 Å². The van der Waals surface area contributed by atoms with Gasteiger partial charge in [-0.1, -0.05) is 0 Å². The molecule has 0 saturated heterocycles. The molecule has 4 N–H and O–H groups in total. The van der Waals surface area contributed by atoms with Crippen molar-refractivity contribution in [1.29, 1.82) is 0 Å². The SMILES string of the molecule is CN=C(/C(C)=C\N)c1ccc(NC)cc1O. The number of benzene rings is 1. The summed E-state index contributed by atoms with van der Waals surface area (Å²) in [7, 11) is 3.47. The molecular weight excluding hydrogens is 202 g/mol. The molecular formula is C12H17N3O. The van der Waals surface area contributed by atoms with Gasteiger partial charge in [-0.2, -0.15) is 0 Å². The van der Waals surface area contributed by atoms with E-state index in [9.17, 15) is 5.11 Å². The lowest BCUT2D eigenvalue weighted by Crippen LogP contribution is -2.05. The van der Waals surface area contributed by atoms with Crippen molar-refractivity contribution < 1.29 is 5.11 Å². The molecule has 1 rings (SSSR count). The zero-order valence-corrected chi connectivity index (χ0v) is 9.78. The van der Waals surface area contributed by atoms with E-state index < -0.39 is 0 Å². The number of phenols is 1.